The molecule has 10 heteroatoms. The number of nitrogen functional groups attached to an aromatic ring is 1. The first-order valence-electron chi connectivity index (χ1n) is 8.03. The van der Waals surface area contributed by atoms with Crippen molar-refractivity contribution in [3.8, 4) is 5.75 Å². The van der Waals surface area contributed by atoms with Gasteiger partial charge in [0.2, 0.25) is 0 Å². The molecule has 3 heterocycles. The van der Waals surface area contributed by atoms with Crippen molar-refractivity contribution in [1.29, 1.82) is 0 Å². The number of aromatic nitrogens is 2. The predicted molar refractivity (Wildman–Crippen MR) is 87.7 cm³/mol. The van der Waals surface area contributed by atoms with Crippen molar-refractivity contribution in [3.05, 3.63) is 18.5 Å². The van der Waals surface area contributed by atoms with Crippen LogP contribution < -0.4 is 15.4 Å². The summed E-state index contributed by atoms with van der Waals surface area (Å²) in [6.45, 7) is -2.83. The Morgan fingerprint density at radius 2 is 1.92 bits per heavy atom. The van der Waals surface area contributed by atoms with Gasteiger partial charge in [0.05, 0.1) is 28.7 Å². The molecule has 26 heavy (non-hydrogen) atoms. The second-order valence-electron chi connectivity index (χ2n) is 6.91. The third-order valence-corrected chi connectivity index (χ3v) is 5.14. The van der Waals surface area contributed by atoms with E-state index in [9.17, 15) is 17.6 Å². The van der Waals surface area contributed by atoms with Crippen molar-refractivity contribution in [2.24, 2.45) is 0 Å². The van der Waals surface area contributed by atoms with E-state index in [1.54, 1.807) is 16.8 Å². The van der Waals surface area contributed by atoms with Crippen LogP contribution in [0.2, 0.25) is 0 Å². The number of halogens is 4. The third-order valence-electron chi connectivity index (χ3n) is 5.14. The number of hydrogen-bond donors (Lipinski definition) is 1. The lowest BCUT2D eigenvalue weighted by Crippen LogP contribution is -2.67. The Bertz CT molecular complexity index is 856. The highest BCUT2D eigenvalue weighted by Gasteiger charge is 2.59. The molecule has 0 amide bonds. The van der Waals surface area contributed by atoms with Crippen molar-refractivity contribution in [2.45, 2.75) is 24.5 Å². The highest BCUT2D eigenvalue weighted by Crippen LogP contribution is 2.49. The molecule has 1 aromatic carbocycles. The lowest BCUT2D eigenvalue weighted by atomic mass is 9.85. The molecule has 0 saturated carbocycles. The lowest BCUT2D eigenvalue weighted by Gasteiger charge is -2.53. The van der Waals surface area contributed by atoms with E-state index < -0.39 is 18.1 Å². The van der Waals surface area contributed by atoms with E-state index in [0.717, 1.165) is 0 Å². The fourth-order valence-electron chi connectivity index (χ4n) is 4.01. The average molecular weight is 371 g/mol. The molecule has 2 aliphatic rings. The van der Waals surface area contributed by atoms with Gasteiger partial charge in [-0.15, -0.1) is 0 Å². The number of hydrogen-bond acceptors (Lipinski definition) is 6. The summed E-state index contributed by atoms with van der Waals surface area (Å²) in [7, 11) is 1.65. The second kappa shape index (κ2) is 5.57. The molecule has 0 atom stereocenters. The Morgan fingerprint density at radius 1 is 1.19 bits per heavy atom. The number of rotatable bonds is 3. The van der Waals surface area contributed by atoms with Crippen LogP contribution in [-0.4, -0.2) is 59.6 Å². The molecule has 0 unspecified atom stereocenters. The summed E-state index contributed by atoms with van der Waals surface area (Å²) in [6, 6.07) is 2.90. The molecule has 1 spiro atoms. The molecule has 2 N–H and O–H groups in total. The van der Waals surface area contributed by atoms with E-state index in [4.69, 9.17) is 5.73 Å². The largest absolute Gasteiger partial charge is 0.433 e. The van der Waals surface area contributed by atoms with Gasteiger partial charge in [0, 0.05) is 19.5 Å². The summed E-state index contributed by atoms with van der Waals surface area (Å²) in [5, 5.41) is 0.382. The quantitative estimate of drug-likeness (QED) is 0.836. The highest BCUT2D eigenvalue weighted by molar-refractivity contribution is 6.02. The first kappa shape index (κ1) is 17.1. The lowest BCUT2D eigenvalue weighted by molar-refractivity contribution is -0.0496. The van der Waals surface area contributed by atoms with Crippen molar-refractivity contribution in [1.82, 2.24) is 14.9 Å². The van der Waals surface area contributed by atoms with Gasteiger partial charge in [-0.25, -0.2) is 18.7 Å². The standard InChI is InChI=1S/C16H17F4N5O/c1-24-7-16(19,20)4-15(24)5-25(6-15)12-10(26-14(17)18)3-2-9-11(12)13(21)23-8-22-9/h2-3,8,14H,4-7H2,1H3,(H2,21,22,23). The molecule has 2 aromatic rings. The minimum Gasteiger partial charge on any atom is -0.433 e. The Balaban J connectivity index is 1.74. The normalized spacial score (nSPS) is 21.5. The number of anilines is 2. The number of fused-ring (bicyclic) bond motifs is 1. The number of ether oxygens (including phenoxy) is 1. The Hall–Kier alpha value is -2.36. The molecule has 140 valence electrons. The van der Waals surface area contributed by atoms with Gasteiger partial charge >= 0.3 is 6.61 Å². The van der Waals surface area contributed by atoms with Crippen LogP contribution in [0.5, 0.6) is 5.75 Å². The summed E-state index contributed by atoms with van der Waals surface area (Å²) >= 11 is 0. The van der Waals surface area contributed by atoms with Crippen LogP contribution in [0.1, 0.15) is 6.42 Å². The molecule has 2 saturated heterocycles. The first-order chi connectivity index (χ1) is 12.2. The Kier molecular flexibility index (Phi) is 3.66. The third kappa shape index (κ3) is 2.59. The summed E-state index contributed by atoms with van der Waals surface area (Å²) in [6.07, 6.45) is 1.01. The van der Waals surface area contributed by atoms with Crippen LogP contribution in [0.4, 0.5) is 29.1 Å². The van der Waals surface area contributed by atoms with Crippen molar-refractivity contribution in [3.63, 3.8) is 0 Å². The van der Waals surface area contributed by atoms with Gasteiger partial charge in [-0.05, 0) is 19.2 Å². The number of benzene rings is 1. The molecule has 4 rings (SSSR count). The van der Waals surface area contributed by atoms with Crippen LogP contribution >= 0.6 is 0 Å². The van der Waals surface area contributed by atoms with E-state index in [-0.39, 0.29) is 37.6 Å². The smallest absolute Gasteiger partial charge is 0.387 e. The highest BCUT2D eigenvalue weighted by atomic mass is 19.3. The van der Waals surface area contributed by atoms with Crippen LogP contribution in [0.25, 0.3) is 10.9 Å². The SMILES string of the molecule is CN1CC(F)(F)CC12CN(c1c(OC(F)F)ccc3ncnc(N)c13)C2. The van der Waals surface area contributed by atoms with Crippen molar-refractivity contribution >= 4 is 22.4 Å². The van der Waals surface area contributed by atoms with E-state index in [1.807, 2.05) is 0 Å². The topological polar surface area (TPSA) is 67.5 Å². The molecule has 1 aromatic heterocycles. The number of nitrogens with zero attached hydrogens (tertiary/aromatic N) is 4. The van der Waals surface area contributed by atoms with Crippen LogP contribution in [0.15, 0.2) is 18.5 Å². The number of nitrogens with two attached hydrogens (primary N) is 1. The van der Waals surface area contributed by atoms with E-state index >= 15 is 0 Å². The zero-order valence-electron chi connectivity index (χ0n) is 13.9. The fourth-order valence-corrected chi connectivity index (χ4v) is 4.01. The number of likely N-dealkylation sites (tertiary alicyclic amines) is 1. The van der Waals surface area contributed by atoms with Crippen LogP contribution in [0.3, 0.4) is 0 Å². The van der Waals surface area contributed by atoms with Gasteiger partial charge in [0.25, 0.3) is 5.92 Å². The second-order valence-corrected chi connectivity index (χ2v) is 6.91. The van der Waals surface area contributed by atoms with Crippen molar-refractivity contribution in [2.75, 3.05) is 37.3 Å². The summed E-state index contributed by atoms with van der Waals surface area (Å²) in [5.41, 5.74) is 6.03. The molecule has 0 bridgehead atoms. The maximum atomic E-state index is 13.8. The van der Waals surface area contributed by atoms with Gasteiger partial charge in [-0.1, -0.05) is 0 Å². The average Bonchev–Trinajstić information content (AvgIpc) is 2.75. The van der Waals surface area contributed by atoms with Gasteiger partial charge in [-0.3, -0.25) is 4.90 Å². The molecule has 6 nitrogen and oxygen atoms in total. The summed E-state index contributed by atoms with van der Waals surface area (Å²) in [4.78, 5) is 11.4. The molecular formula is C16H17F4N5O. The van der Waals surface area contributed by atoms with E-state index in [1.165, 1.54) is 18.5 Å². The molecule has 2 fully saturated rings. The summed E-state index contributed by atoms with van der Waals surface area (Å²) < 4.78 is 57.9. The predicted octanol–water partition coefficient (Wildman–Crippen LogP) is 2.34. The van der Waals surface area contributed by atoms with E-state index in [2.05, 4.69) is 14.7 Å². The summed E-state index contributed by atoms with van der Waals surface area (Å²) in [5.74, 6) is -2.71. The maximum absolute atomic E-state index is 13.8. The molecular weight excluding hydrogens is 354 g/mol. The minimum atomic E-state index is -3.02. The Labute approximate surface area is 146 Å². The fraction of sp³-hybridized carbons (Fsp3) is 0.500. The van der Waals surface area contributed by atoms with Gasteiger partial charge < -0.3 is 15.4 Å². The number of likely N-dealkylation sites (N-methyl/N-ethyl adjacent to an activating group) is 1. The van der Waals surface area contributed by atoms with Crippen LogP contribution in [-0.2, 0) is 0 Å². The number of alkyl halides is 4. The monoisotopic (exact) mass is 371 g/mol. The zero-order chi connectivity index (χ0) is 18.7. The van der Waals surface area contributed by atoms with E-state index in [0.29, 0.717) is 16.6 Å². The van der Waals surface area contributed by atoms with Gasteiger partial charge in [0.15, 0.2) is 0 Å². The molecule has 0 radical (unpaired) electrons. The molecule has 2 aliphatic heterocycles. The molecule has 0 aliphatic carbocycles. The van der Waals surface area contributed by atoms with Gasteiger partial charge in [-0.2, -0.15) is 8.78 Å². The maximum Gasteiger partial charge on any atom is 0.387 e. The van der Waals surface area contributed by atoms with Crippen molar-refractivity contribution < 1.29 is 22.3 Å². The zero-order valence-corrected chi connectivity index (χ0v) is 13.9. The Morgan fingerprint density at radius 3 is 2.54 bits per heavy atom. The first-order valence-corrected chi connectivity index (χ1v) is 8.03. The van der Waals surface area contributed by atoms with Gasteiger partial charge in [0.1, 0.15) is 17.9 Å². The van der Waals surface area contributed by atoms with Crippen LogP contribution in [0, 0.1) is 0 Å². The minimum absolute atomic E-state index is 0.0729.